The fourth-order valence-electron chi connectivity index (χ4n) is 4.72. The molecule has 1 aliphatic heterocycles. The summed E-state index contributed by atoms with van der Waals surface area (Å²) < 4.78 is 0. The van der Waals surface area contributed by atoms with Crippen molar-refractivity contribution in [2.75, 3.05) is 26.2 Å². The molecule has 0 amide bonds. The summed E-state index contributed by atoms with van der Waals surface area (Å²) in [4.78, 5) is 2.75. The Balaban J connectivity index is 1.87. The van der Waals surface area contributed by atoms with Crippen LogP contribution >= 0.6 is 0 Å². The number of nitrogens with two attached hydrogens (primary N) is 1. The lowest BCUT2D eigenvalue weighted by Crippen LogP contribution is -2.45. The van der Waals surface area contributed by atoms with Gasteiger partial charge in [0.25, 0.3) is 0 Å². The summed E-state index contributed by atoms with van der Waals surface area (Å²) in [6.07, 6.45) is 12.6. The van der Waals surface area contributed by atoms with Crippen molar-refractivity contribution in [1.29, 1.82) is 0 Å². The first-order valence-electron chi connectivity index (χ1n) is 9.10. The molecule has 2 N–H and O–H groups in total. The highest BCUT2D eigenvalue weighted by Crippen LogP contribution is 2.39. The van der Waals surface area contributed by atoms with E-state index in [4.69, 9.17) is 5.73 Å². The third kappa shape index (κ3) is 4.46. The van der Waals surface area contributed by atoms with E-state index in [0.717, 1.165) is 18.4 Å². The van der Waals surface area contributed by atoms with Crippen molar-refractivity contribution in [2.24, 2.45) is 23.0 Å². The molecule has 2 heteroatoms. The Morgan fingerprint density at radius 3 is 2.70 bits per heavy atom. The van der Waals surface area contributed by atoms with Gasteiger partial charge in [0.2, 0.25) is 0 Å². The van der Waals surface area contributed by atoms with Crippen LogP contribution in [0, 0.1) is 17.3 Å². The highest BCUT2D eigenvalue weighted by molar-refractivity contribution is 4.89. The van der Waals surface area contributed by atoms with Crippen LogP contribution < -0.4 is 5.73 Å². The molecule has 0 aromatic rings. The molecule has 3 unspecified atom stereocenters. The number of hydrogen-bond acceptors (Lipinski definition) is 2. The van der Waals surface area contributed by atoms with Gasteiger partial charge >= 0.3 is 0 Å². The molecule has 0 bridgehead atoms. The maximum atomic E-state index is 6.21. The molecule has 2 aliphatic rings. The lowest BCUT2D eigenvalue weighted by molar-refractivity contribution is 0.0894. The molecule has 2 rings (SSSR count). The molecule has 1 saturated carbocycles. The van der Waals surface area contributed by atoms with Gasteiger partial charge in [0.15, 0.2) is 0 Å². The zero-order chi connectivity index (χ0) is 14.4. The smallest absolute Gasteiger partial charge is 0.00502 e. The minimum absolute atomic E-state index is 0.433. The van der Waals surface area contributed by atoms with Crippen molar-refractivity contribution in [2.45, 2.75) is 71.6 Å². The van der Waals surface area contributed by atoms with Gasteiger partial charge in [-0.05, 0) is 69.0 Å². The second-order valence-electron chi connectivity index (χ2n) is 7.77. The molecule has 0 radical (unpaired) electrons. The lowest BCUT2D eigenvalue weighted by atomic mass is 9.69. The van der Waals surface area contributed by atoms with Crippen molar-refractivity contribution in [1.82, 2.24) is 4.90 Å². The molecule has 0 aromatic carbocycles. The Morgan fingerprint density at radius 1 is 1.15 bits per heavy atom. The van der Waals surface area contributed by atoms with Gasteiger partial charge in [0.05, 0.1) is 0 Å². The summed E-state index contributed by atoms with van der Waals surface area (Å²) in [7, 11) is 0. The molecule has 0 spiro atoms. The average Bonchev–Trinajstić information content (AvgIpc) is 2.65. The molecule has 1 aliphatic carbocycles. The van der Waals surface area contributed by atoms with Crippen molar-refractivity contribution in [3.05, 3.63) is 0 Å². The van der Waals surface area contributed by atoms with Gasteiger partial charge in [-0.3, -0.25) is 0 Å². The molecule has 2 nitrogen and oxygen atoms in total. The Labute approximate surface area is 126 Å². The summed E-state index contributed by atoms with van der Waals surface area (Å²) in [5.41, 5.74) is 6.64. The maximum Gasteiger partial charge on any atom is 0.00502 e. The summed E-state index contributed by atoms with van der Waals surface area (Å²) in [5, 5.41) is 0. The monoisotopic (exact) mass is 280 g/mol. The Kier molecular flexibility index (Phi) is 6.35. The summed E-state index contributed by atoms with van der Waals surface area (Å²) in [6, 6.07) is 0. The summed E-state index contributed by atoms with van der Waals surface area (Å²) in [5.74, 6) is 1.87. The van der Waals surface area contributed by atoms with E-state index in [1.165, 1.54) is 77.4 Å². The Morgan fingerprint density at radius 2 is 2.00 bits per heavy atom. The Bertz CT molecular complexity index is 279. The van der Waals surface area contributed by atoms with Gasteiger partial charge in [0.1, 0.15) is 0 Å². The first-order valence-corrected chi connectivity index (χ1v) is 9.10. The molecular formula is C18H36N2. The standard InChI is InChI=1S/C18H36N2/c1-3-6-17-8-5-11-20(12-9-17)15-18(14-19)10-4-7-16(2)13-18/h16-17H,3-15,19H2,1-2H3. The van der Waals surface area contributed by atoms with Gasteiger partial charge in [-0.1, -0.05) is 39.5 Å². The number of likely N-dealkylation sites (tertiary alicyclic amines) is 1. The predicted molar refractivity (Wildman–Crippen MR) is 87.8 cm³/mol. The van der Waals surface area contributed by atoms with Crippen LogP contribution in [0.15, 0.2) is 0 Å². The van der Waals surface area contributed by atoms with Crippen molar-refractivity contribution >= 4 is 0 Å². The minimum atomic E-state index is 0.433. The number of hydrogen-bond donors (Lipinski definition) is 1. The SMILES string of the molecule is CCCC1CCCN(CC2(CN)CCCC(C)C2)CC1. The molecule has 0 aromatic heterocycles. The second kappa shape index (κ2) is 7.79. The number of rotatable bonds is 5. The highest BCUT2D eigenvalue weighted by Gasteiger charge is 2.35. The minimum Gasteiger partial charge on any atom is -0.330 e. The fourth-order valence-corrected chi connectivity index (χ4v) is 4.72. The third-order valence-electron chi connectivity index (χ3n) is 5.81. The normalized spacial score (nSPS) is 36.8. The lowest BCUT2D eigenvalue weighted by Gasteiger charge is -2.42. The van der Waals surface area contributed by atoms with E-state index in [0.29, 0.717) is 5.41 Å². The van der Waals surface area contributed by atoms with Crippen LogP contribution in [0.1, 0.15) is 71.6 Å². The molecule has 1 heterocycles. The molecule has 20 heavy (non-hydrogen) atoms. The topological polar surface area (TPSA) is 29.3 Å². The maximum absolute atomic E-state index is 6.21. The van der Waals surface area contributed by atoms with Gasteiger partial charge in [0, 0.05) is 6.54 Å². The molecular weight excluding hydrogens is 244 g/mol. The van der Waals surface area contributed by atoms with E-state index in [9.17, 15) is 0 Å². The Hall–Kier alpha value is -0.0800. The van der Waals surface area contributed by atoms with Crippen LogP contribution in [-0.4, -0.2) is 31.1 Å². The summed E-state index contributed by atoms with van der Waals surface area (Å²) in [6.45, 7) is 9.55. The van der Waals surface area contributed by atoms with Crippen LogP contribution in [0.25, 0.3) is 0 Å². The fraction of sp³-hybridized carbons (Fsp3) is 1.00. The van der Waals surface area contributed by atoms with E-state index >= 15 is 0 Å². The molecule has 118 valence electrons. The third-order valence-corrected chi connectivity index (χ3v) is 5.81. The van der Waals surface area contributed by atoms with E-state index < -0.39 is 0 Å². The molecule has 1 saturated heterocycles. The first-order chi connectivity index (χ1) is 9.67. The zero-order valence-electron chi connectivity index (χ0n) is 13.9. The van der Waals surface area contributed by atoms with E-state index in [-0.39, 0.29) is 0 Å². The van der Waals surface area contributed by atoms with Crippen LogP contribution in [0.3, 0.4) is 0 Å². The predicted octanol–water partition coefficient (Wildman–Crippen LogP) is 4.04. The van der Waals surface area contributed by atoms with E-state index in [1.54, 1.807) is 0 Å². The van der Waals surface area contributed by atoms with Gasteiger partial charge in [-0.15, -0.1) is 0 Å². The van der Waals surface area contributed by atoms with E-state index in [1.807, 2.05) is 0 Å². The largest absolute Gasteiger partial charge is 0.330 e. The van der Waals surface area contributed by atoms with E-state index in [2.05, 4.69) is 18.7 Å². The van der Waals surface area contributed by atoms with Gasteiger partial charge < -0.3 is 10.6 Å². The zero-order valence-corrected chi connectivity index (χ0v) is 13.9. The average molecular weight is 280 g/mol. The van der Waals surface area contributed by atoms with Gasteiger partial charge in [-0.2, -0.15) is 0 Å². The van der Waals surface area contributed by atoms with Gasteiger partial charge in [-0.25, -0.2) is 0 Å². The molecule has 2 fully saturated rings. The van der Waals surface area contributed by atoms with Crippen molar-refractivity contribution in [3.63, 3.8) is 0 Å². The summed E-state index contributed by atoms with van der Waals surface area (Å²) >= 11 is 0. The van der Waals surface area contributed by atoms with Crippen LogP contribution in [0.4, 0.5) is 0 Å². The second-order valence-corrected chi connectivity index (χ2v) is 7.77. The van der Waals surface area contributed by atoms with Crippen molar-refractivity contribution in [3.8, 4) is 0 Å². The first kappa shape index (κ1) is 16.3. The number of nitrogens with zero attached hydrogens (tertiary/aromatic N) is 1. The van der Waals surface area contributed by atoms with Crippen LogP contribution in [0.2, 0.25) is 0 Å². The van der Waals surface area contributed by atoms with Crippen LogP contribution in [-0.2, 0) is 0 Å². The molecule has 3 atom stereocenters. The quantitative estimate of drug-likeness (QED) is 0.823. The highest BCUT2D eigenvalue weighted by atomic mass is 15.1. The van der Waals surface area contributed by atoms with Crippen LogP contribution in [0.5, 0.6) is 0 Å². The van der Waals surface area contributed by atoms with Crippen molar-refractivity contribution < 1.29 is 0 Å².